The van der Waals surface area contributed by atoms with Gasteiger partial charge in [-0.2, -0.15) is 0 Å². The molecular formula is C16H13FN2. The molecule has 2 N–H and O–H groups in total. The molecule has 0 aliphatic rings. The molecule has 3 aromatic rings. The number of anilines is 1. The van der Waals surface area contributed by atoms with Gasteiger partial charge in [0.2, 0.25) is 0 Å². The Balaban J connectivity index is 2.33. The Morgan fingerprint density at radius 3 is 2.79 bits per heavy atom. The van der Waals surface area contributed by atoms with Crippen molar-refractivity contribution < 1.29 is 4.39 Å². The smallest absolute Gasteiger partial charge is 0.131 e. The summed E-state index contributed by atoms with van der Waals surface area (Å²) in [4.78, 5) is 4.08. The van der Waals surface area contributed by atoms with Crippen molar-refractivity contribution in [3.05, 3.63) is 60.2 Å². The highest BCUT2D eigenvalue weighted by molar-refractivity contribution is 5.96. The Labute approximate surface area is 110 Å². The van der Waals surface area contributed by atoms with Gasteiger partial charge in [-0.25, -0.2) is 4.39 Å². The largest absolute Gasteiger partial charge is 0.398 e. The van der Waals surface area contributed by atoms with Crippen LogP contribution >= 0.6 is 0 Å². The van der Waals surface area contributed by atoms with Gasteiger partial charge in [0, 0.05) is 29.0 Å². The Kier molecular flexibility index (Phi) is 2.67. The predicted octanol–water partition coefficient (Wildman–Crippen LogP) is 3.93. The zero-order chi connectivity index (χ0) is 13.4. The van der Waals surface area contributed by atoms with E-state index in [2.05, 4.69) is 4.98 Å². The van der Waals surface area contributed by atoms with Crippen LogP contribution in [-0.4, -0.2) is 4.98 Å². The first-order valence-corrected chi connectivity index (χ1v) is 6.05. The minimum absolute atomic E-state index is 0.254. The lowest BCUT2D eigenvalue weighted by Crippen LogP contribution is -1.94. The average Bonchev–Trinajstić information content (AvgIpc) is 2.42. The van der Waals surface area contributed by atoms with E-state index < -0.39 is 0 Å². The van der Waals surface area contributed by atoms with E-state index in [1.54, 1.807) is 25.4 Å². The molecular weight excluding hydrogens is 239 g/mol. The molecule has 0 unspecified atom stereocenters. The fourth-order valence-corrected chi connectivity index (χ4v) is 2.25. The van der Waals surface area contributed by atoms with Gasteiger partial charge in [0.25, 0.3) is 0 Å². The van der Waals surface area contributed by atoms with Gasteiger partial charge in [0.1, 0.15) is 5.82 Å². The first kappa shape index (κ1) is 11.7. The maximum absolute atomic E-state index is 14.2. The molecule has 2 nitrogen and oxygen atoms in total. The van der Waals surface area contributed by atoms with E-state index >= 15 is 0 Å². The summed E-state index contributed by atoms with van der Waals surface area (Å²) in [5, 5.41) is 1.96. The molecule has 0 spiro atoms. The van der Waals surface area contributed by atoms with Crippen molar-refractivity contribution in [2.45, 2.75) is 6.92 Å². The summed E-state index contributed by atoms with van der Waals surface area (Å²) in [5.74, 6) is -0.254. The quantitative estimate of drug-likeness (QED) is 0.666. The standard InChI is InChI=1S/C16H13FN2/c1-10-7-15(17)14(8-16(10)18)13-4-2-3-11-9-19-6-5-12(11)13/h2-9H,18H2,1H3. The Bertz CT molecular complexity index is 761. The highest BCUT2D eigenvalue weighted by atomic mass is 19.1. The van der Waals surface area contributed by atoms with E-state index in [0.717, 1.165) is 21.9 Å². The summed E-state index contributed by atoms with van der Waals surface area (Å²) < 4.78 is 14.2. The third-order valence-electron chi connectivity index (χ3n) is 3.33. The number of benzene rings is 2. The second-order valence-corrected chi connectivity index (χ2v) is 4.59. The van der Waals surface area contributed by atoms with Gasteiger partial charge in [-0.15, -0.1) is 0 Å². The number of nitrogens with zero attached hydrogens (tertiary/aromatic N) is 1. The molecule has 0 radical (unpaired) electrons. The van der Waals surface area contributed by atoms with Gasteiger partial charge in [0.15, 0.2) is 0 Å². The van der Waals surface area contributed by atoms with Crippen LogP contribution in [0.1, 0.15) is 5.56 Å². The van der Waals surface area contributed by atoms with Gasteiger partial charge < -0.3 is 5.73 Å². The molecule has 0 saturated heterocycles. The summed E-state index contributed by atoms with van der Waals surface area (Å²) in [6, 6.07) is 10.8. The van der Waals surface area contributed by atoms with Crippen LogP contribution in [0.15, 0.2) is 48.8 Å². The first-order chi connectivity index (χ1) is 9.16. The molecule has 0 atom stereocenters. The lowest BCUT2D eigenvalue weighted by molar-refractivity contribution is 0.630. The van der Waals surface area contributed by atoms with Gasteiger partial charge in [-0.1, -0.05) is 18.2 Å². The van der Waals surface area contributed by atoms with Crippen molar-refractivity contribution in [1.29, 1.82) is 0 Å². The molecule has 3 heteroatoms. The number of halogens is 1. The van der Waals surface area contributed by atoms with Crippen molar-refractivity contribution in [2.24, 2.45) is 0 Å². The highest BCUT2D eigenvalue weighted by Crippen LogP contribution is 2.32. The second-order valence-electron chi connectivity index (χ2n) is 4.59. The van der Waals surface area contributed by atoms with Crippen LogP contribution in [0.2, 0.25) is 0 Å². The molecule has 0 saturated carbocycles. The number of hydrogen-bond acceptors (Lipinski definition) is 2. The summed E-state index contributed by atoms with van der Waals surface area (Å²) in [6.07, 6.45) is 3.48. The molecule has 1 aromatic heterocycles. The van der Waals surface area contributed by atoms with E-state index in [0.29, 0.717) is 11.3 Å². The third kappa shape index (κ3) is 1.93. The molecule has 0 aliphatic heterocycles. The molecule has 3 rings (SSSR count). The maximum atomic E-state index is 14.2. The van der Waals surface area contributed by atoms with Crippen molar-refractivity contribution in [3.8, 4) is 11.1 Å². The number of pyridine rings is 1. The SMILES string of the molecule is Cc1cc(F)c(-c2cccc3cnccc23)cc1N. The van der Waals surface area contributed by atoms with Crippen LogP contribution in [0.25, 0.3) is 21.9 Å². The maximum Gasteiger partial charge on any atom is 0.131 e. The summed E-state index contributed by atoms with van der Waals surface area (Å²) >= 11 is 0. The fourth-order valence-electron chi connectivity index (χ4n) is 2.25. The van der Waals surface area contributed by atoms with Crippen LogP contribution in [0.5, 0.6) is 0 Å². The number of rotatable bonds is 1. The minimum atomic E-state index is -0.254. The molecule has 1 heterocycles. The predicted molar refractivity (Wildman–Crippen MR) is 76.3 cm³/mol. The van der Waals surface area contributed by atoms with E-state index in [4.69, 9.17) is 5.73 Å². The monoisotopic (exact) mass is 252 g/mol. The lowest BCUT2D eigenvalue weighted by Gasteiger charge is -2.10. The third-order valence-corrected chi connectivity index (χ3v) is 3.33. The number of aromatic nitrogens is 1. The Morgan fingerprint density at radius 1 is 1.11 bits per heavy atom. The number of fused-ring (bicyclic) bond motifs is 1. The first-order valence-electron chi connectivity index (χ1n) is 6.05. The number of nitrogens with two attached hydrogens (primary N) is 1. The fraction of sp³-hybridized carbons (Fsp3) is 0.0625. The topological polar surface area (TPSA) is 38.9 Å². The van der Waals surface area contributed by atoms with Gasteiger partial charge >= 0.3 is 0 Å². The lowest BCUT2D eigenvalue weighted by atomic mass is 9.97. The van der Waals surface area contributed by atoms with E-state index in [-0.39, 0.29) is 5.82 Å². The minimum Gasteiger partial charge on any atom is -0.398 e. The van der Waals surface area contributed by atoms with E-state index in [1.165, 1.54) is 6.07 Å². The number of hydrogen-bond donors (Lipinski definition) is 1. The molecule has 94 valence electrons. The van der Waals surface area contributed by atoms with Crippen LogP contribution in [0.4, 0.5) is 10.1 Å². The van der Waals surface area contributed by atoms with Crippen molar-refractivity contribution in [2.75, 3.05) is 5.73 Å². The van der Waals surface area contributed by atoms with Crippen LogP contribution in [0, 0.1) is 12.7 Å². The highest BCUT2D eigenvalue weighted by Gasteiger charge is 2.10. The number of nitrogen functional groups attached to an aromatic ring is 1. The van der Waals surface area contributed by atoms with Crippen molar-refractivity contribution in [1.82, 2.24) is 4.98 Å². The molecule has 0 amide bonds. The van der Waals surface area contributed by atoms with Crippen molar-refractivity contribution in [3.63, 3.8) is 0 Å². The molecule has 0 fully saturated rings. The van der Waals surface area contributed by atoms with Crippen LogP contribution in [0.3, 0.4) is 0 Å². The zero-order valence-electron chi connectivity index (χ0n) is 10.5. The second kappa shape index (κ2) is 4.35. The normalized spacial score (nSPS) is 10.8. The Morgan fingerprint density at radius 2 is 1.95 bits per heavy atom. The summed E-state index contributed by atoms with van der Waals surface area (Å²) in [7, 11) is 0. The molecule has 0 bridgehead atoms. The Hall–Kier alpha value is -2.42. The van der Waals surface area contributed by atoms with E-state index in [9.17, 15) is 4.39 Å². The zero-order valence-corrected chi connectivity index (χ0v) is 10.5. The molecule has 19 heavy (non-hydrogen) atoms. The average molecular weight is 252 g/mol. The summed E-state index contributed by atoms with van der Waals surface area (Å²) in [5.41, 5.74) is 8.61. The van der Waals surface area contributed by atoms with Crippen molar-refractivity contribution >= 4 is 16.5 Å². The molecule has 2 aromatic carbocycles. The van der Waals surface area contributed by atoms with Crippen LogP contribution in [-0.2, 0) is 0 Å². The van der Waals surface area contributed by atoms with Gasteiger partial charge in [-0.05, 0) is 41.6 Å². The van der Waals surface area contributed by atoms with Gasteiger partial charge in [0.05, 0.1) is 0 Å². The number of aryl methyl sites for hydroxylation is 1. The van der Waals surface area contributed by atoms with Gasteiger partial charge in [-0.3, -0.25) is 4.98 Å². The molecule has 0 aliphatic carbocycles. The van der Waals surface area contributed by atoms with E-state index in [1.807, 2.05) is 24.3 Å². The van der Waals surface area contributed by atoms with Crippen LogP contribution < -0.4 is 5.73 Å². The summed E-state index contributed by atoms with van der Waals surface area (Å²) in [6.45, 7) is 1.80.